The summed E-state index contributed by atoms with van der Waals surface area (Å²) >= 11 is 7.41. The molecule has 1 amide bonds. The van der Waals surface area contributed by atoms with Crippen molar-refractivity contribution in [3.63, 3.8) is 0 Å². The van der Waals surface area contributed by atoms with Crippen LogP contribution in [0.25, 0.3) is 0 Å². The number of hydrogen-bond acceptors (Lipinski definition) is 5. The van der Waals surface area contributed by atoms with Crippen LogP contribution in [-0.2, 0) is 24.4 Å². The fourth-order valence-corrected chi connectivity index (χ4v) is 4.05. The number of hydrogen-bond donors (Lipinski definition) is 1. The maximum absolute atomic E-state index is 12.4. The Balaban J connectivity index is 1.56. The topological polar surface area (TPSA) is 69.0 Å². The van der Waals surface area contributed by atoms with Crippen molar-refractivity contribution < 1.29 is 9.53 Å². The first-order valence-electron chi connectivity index (χ1n) is 10.9. The lowest BCUT2D eigenvalue weighted by molar-refractivity contribution is -0.113. The maximum Gasteiger partial charge on any atom is 0.234 e. The largest absolute Gasteiger partial charge is 0.486 e. The molecule has 174 valence electrons. The second kappa shape index (κ2) is 12.5. The van der Waals surface area contributed by atoms with Gasteiger partial charge in [0.05, 0.1) is 5.75 Å². The van der Waals surface area contributed by atoms with Gasteiger partial charge in [0, 0.05) is 17.3 Å². The van der Waals surface area contributed by atoms with E-state index in [-0.39, 0.29) is 18.3 Å². The number of nitrogens with one attached hydrogen (secondary N) is 1. The minimum absolute atomic E-state index is 0.0936. The van der Waals surface area contributed by atoms with Gasteiger partial charge in [-0.15, -0.1) is 16.8 Å². The molecule has 0 bridgehead atoms. The van der Waals surface area contributed by atoms with Gasteiger partial charge in [-0.05, 0) is 61.2 Å². The molecule has 1 heterocycles. The number of benzene rings is 2. The second-order valence-electron chi connectivity index (χ2n) is 7.64. The molecule has 0 radical (unpaired) electrons. The zero-order valence-corrected chi connectivity index (χ0v) is 20.6. The normalized spacial score (nSPS) is 10.8. The molecule has 0 saturated carbocycles. The van der Waals surface area contributed by atoms with Crippen molar-refractivity contribution in [1.29, 1.82) is 0 Å². The van der Waals surface area contributed by atoms with Gasteiger partial charge in [-0.3, -0.25) is 9.36 Å². The van der Waals surface area contributed by atoms with Gasteiger partial charge in [0.15, 0.2) is 11.0 Å². The second-order valence-corrected chi connectivity index (χ2v) is 8.98. The summed E-state index contributed by atoms with van der Waals surface area (Å²) in [6, 6.07) is 13.5. The predicted octanol–water partition coefficient (Wildman–Crippen LogP) is 6.08. The smallest absolute Gasteiger partial charge is 0.234 e. The summed E-state index contributed by atoms with van der Waals surface area (Å²) in [7, 11) is 0. The third-order valence-corrected chi connectivity index (χ3v) is 6.38. The molecule has 3 aromatic rings. The van der Waals surface area contributed by atoms with Gasteiger partial charge in [0.25, 0.3) is 0 Å². The predicted molar refractivity (Wildman–Crippen MR) is 135 cm³/mol. The third kappa shape index (κ3) is 7.37. The molecule has 33 heavy (non-hydrogen) atoms. The Bertz CT molecular complexity index is 1080. The van der Waals surface area contributed by atoms with Gasteiger partial charge in [0.1, 0.15) is 12.4 Å². The molecule has 6 nitrogen and oxygen atoms in total. The maximum atomic E-state index is 12.4. The minimum Gasteiger partial charge on any atom is -0.486 e. The summed E-state index contributed by atoms with van der Waals surface area (Å²) in [5.41, 5.74) is 3.02. The van der Waals surface area contributed by atoms with Gasteiger partial charge in [0.2, 0.25) is 5.91 Å². The highest BCUT2D eigenvalue weighted by atomic mass is 35.5. The van der Waals surface area contributed by atoms with Crippen LogP contribution in [0.4, 0.5) is 5.69 Å². The van der Waals surface area contributed by atoms with Crippen molar-refractivity contribution in [2.24, 2.45) is 0 Å². The van der Waals surface area contributed by atoms with Crippen LogP contribution in [0.3, 0.4) is 0 Å². The Morgan fingerprint density at radius 2 is 2.03 bits per heavy atom. The molecule has 0 aliphatic rings. The van der Waals surface area contributed by atoms with E-state index >= 15 is 0 Å². The van der Waals surface area contributed by atoms with Gasteiger partial charge in [-0.2, -0.15) is 0 Å². The molecule has 0 fully saturated rings. The van der Waals surface area contributed by atoms with E-state index in [2.05, 4.69) is 41.1 Å². The molecular weight excluding hydrogens is 456 g/mol. The van der Waals surface area contributed by atoms with Crippen LogP contribution in [-0.4, -0.2) is 26.4 Å². The summed E-state index contributed by atoms with van der Waals surface area (Å²) in [6.45, 7) is 8.69. The van der Waals surface area contributed by atoms with E-state index < -0.39 is 0 Å². The van der Waals surface area contributed by atoms with Gasteiger partial charge in [-0.1, -0.05) is 54.9 Å². The number of carbonyl (C=O) groups excluding carboxylic acids is 1. The number of amides is 1. The van der Waals surface area contributed by atoms with Crippen molar-refractivity contribution in [3.8, 4) is 5.75 Å². The number of thioether (sulfide) groups is 1. The Morgan fingerprint density at radius 3 is 2.73 bits per heavy atom. The highest BCUT2D eigenvalue weighted by Crippen LogP contribution is 2.23. The summed E-state index contributed by atoms with van der Waals surface area (Å²) in [6.07, 6.45) is 5.16. The molecular formula is C25H29ClN4O2S. The van der Waals surface area contributed by atoms with Gasteiger partial charge < -0.3 is 10.1 Å². The zero-order valence-electron chi connectivity index (χ0n) is 19.0. The third-order valence-electron chi connectivity index (χ3n) is 4.99. The fraction of sp³-hybridized carbons (Fsp3) is 0.320. The van der Waals surface area contributed by atoms with Crippen molar-refractivity contribution in [1.82, 2.24) is 14.8 Å². The molecule has 1 N–H and O–H groups in total. The lowest BCUT2D eigenvalue weighted by Gasteiger charge is -2.10. The Morgan fingerprint density at radius 1 is 1.24 bits per heavy atom. The number of halogens is 1. The number of carbonyl (C=O) groups is 1. The highest BCUT2D eigenvalue weighted by Gasteiger charge is 2.14. The first-order chi connectivity index (χ1) is 16.0. The number of aromatic nitrogens is 3. The molecule has 0 atom stereocenters. The van der Waals surface area contributed by atoms with Crippen LogP contribution in [0.2, 0.25) is 5.02 Å². The molecule has 2 aromatic carbocycles. The van der Waals surface area contributed by atoms with E-state index in [4.69, 9.17) is 16.3 Å². The molecule has 0 spiro atoms. The average Bonchev–Trinajstić information content (AvgIpc) is 3.20. The van der Waals surface area contributed by atoms with Crippen LogP contribution in [0.1, 0.15) is 36.7 Å². The van der Waals surface area contributed by atoms with Crippen LogP contribution < -0.4 is 10.1 Å². The number of nitrogens with zero attached hydrogens (tertiary/aromatic N) is 3. The number of ether oxygens (including phenoxy) is 1. The zero-order chi connectivity index (χ0) is 23.6. The van der Waals surface area contributed by atoms with E-state index in [0.717, 1.165) is 17.7 Å². The Labute approximate surface area is 204 Å². The van der Waals surface area contributed by atoms with E-state index in [1.807, 2.05) is 35.8 Å². The lowest BCUT2D eigenvalue weighted by Crippen LogP contribution is -2.15. The average molecular weight is 485 g/mol. The van der Waals surface area contributed by atoms with Crippen molar-refractivity contribution in [3.05, 3.63) is 77.1 Å². The van der Waals surface area contributed by atoms with Crippen molar-refractivity contribution in [2.45, 2.75) is 51.4 Å². The first-order valence-corrected chi connectivity index (χ1v) is 12.3. The number of aryl methyl sites for hydroxylation is 2. The summed E-state index contributed by atoms with van der Waals surface area (Å²) in [5, 5.41) is 12.8. The monoisotopic (exact) mass is 484 g/mol. The molecule has 0 unspecified atom stereocenters. The summed E-state index contributed by atoms with van der Waals surface area (Å²) < 4.78 is 7.76. The molecule has 1 aromatic heterocycles. The minimum atomic E-state index is -0.0936. The number of anilines is 1. The lowest BCUT2D eigenvalue weighted by atomic mass is 10.1. The summed E-state index contributed by atoms with van der Waals surface area (Å²) in [4.78, 5) is 12.4. The van der Waals surface area contributed by atoms with E-state index in [9.17, 15) is 4.79 Å². The fourth-order valence-electron chi connectivity index (χ4n) is 3.16. The molecule has 8 heteroatoms. The van der Waals surface area contributed by atoms with Crippen molar-refractivity contribution in [2.75, 3.05) is 11.1 Å². The summed E-state index contributed by atoms with van der Waals surface area (Å²) in [5.74, 6) is 1.50. The van der Waals surface area contributed by atoms with Gasteiger partial charge in [-0.25, -0.2) is 0 Å². The van der Waals surface area contributed by atoms with Crippen LogP contribution >= 0.6 is 23.4 Å². The first kappa shape index (κ1) is 24.9. The quantitative estimate of drug-likeness (QED) is 0.249. The van der Waals surface area contributed by atoms with Gasteiger partial charge >= 0.3 is 0 Å². The van der Waals surface area contributed by atoms with Crippen molar-refractivity contribution >= 4 is 35.0 Å². The SMILES string of the molecule is C=CCn1c(COc2ccc(Cl)c(C)c2)nnc1SCC(=O)Nc1ccc(CCCC)cc1. The Kier molecular flexibility index (Phi) is 9.39. The van der Waals surface area contributed by atoms with Crippen LogP contribution in [0, 0.1) is 6.92 Å². The standard InChI is InChI=1S/C25H29ClN4O2S/c1-4-6-7-19-8-10-20(11-9-19)27-24(31)17-33-25-29-28-23(30(25)14-5-2)16-32-21-12-13-22(26)18(3)15-21/h5,8-13,15H,2,4,6-7,14,16-17H2,1,3H3,(H,27,31). The highest BCUT2D eigenvalue weighted by molar-refractivity contribution is 7.99. The van der Waals surface area contributed by atoms with Crippen LogP contribution in [0.5, 0.6) is 5.75 Å². The molecule has 0 aliphatic carbocycles. The molecule has 0 saturated heterocycles. The molecule has 3 rings (SSSR count). The molecule has 0 aliphatic heterocycles. The van der Waals surface area contributed by atoms with E-state index in [0.29, 0.717) is 28.3 Å². The number of unbranched alkanes of at least 4 members (excludes halogenated alkanes) is 1. The Hall–Kier alpha value is -2.77. The van der Waals surface area contributed by atoms with Crippen LogP contribution in [0.15, 0.2) is 60.3 Å². The van der Waals surface area contributed by atoms with E-state index in [1.165, 1.54) is 30.2 Å². The number of allylic oxidation sites excluding steroid dienone is 1. The van der Waals surface area contributed by atoms with E-state index in [1.54, 1.807) is 12.1 Å². The number of rotatable bonds is 12.